The largest absolute Gasteiger partial charge is 0.497 e. The van der Waals surface area contributed by atoms with Crippen LogP contribution in [-0.2, 0) is 12.8 Å². The summed E-state index contributed by atoms with van der Waals surface area (Å²) in [6, 6.07) is 11.2. The van der Waals surface area contributed by atoms with Crippen LogP contribution in [0, 0.1) is 0 Å². The quantitative estimate of drug-likeness (QED) is 0.455. The molecule has 4 rings (SSSR count). The molecule has 3 aromatic rings. The van der Waals surface area contributed by atoms with Crippen LogP contribution in [0.25, 0.3) is 0 Å². The number of thiophene rings is 1. The number of nitrogens with zero attached hydrogens (tertiary/aromatic N) is 2. The maximum atomic E-state index is 13.2. The van der Waals surface area contributed by atoms with Gasteiger partial charge >= 0.3 is 0 Å². The Morgan fingerprint density at radius 2 is 2.00 bits per heavy atom. The first-order valence-electron chi connectivity index (χ1n) is 9.78. The van der Waals surface area contributed by atoms with Crippen molar-refractivity contribution in [2.45, 2.75) is 32.1 Å². The van der Waals surface area contributed by atoms with Crippen LogP contribution in [0.5, 0.6) is 5.75 Å². The Kier molecular flexibility index (Phi) is 6.00. The van der Waals surface area contributed by atoms with Gasteiger partial charge < -0.3 is 10.1 Å². The van der Waals surface area contributed by atoms with Crippen LogP contribution in [0.2, 0.25) is 0 Å². The molecule has 0 aliphatic heterocycles. The summed E-state index contributed by atoms with van der Waals surface area (Å²) < 4.78 is 5.19. The topological polar surface area (TPSA) is 63.6 Å². The summed E-state index contributed by atoms with van der Waals surface area (Å²) in [4.78, 5) is 23.3. The number of hydrogen-bond acceptors (Lipinski definition) is 5. The first kappa shape index (κ1) is 19.3. The lowest BCUT2D eigenvalue weighted by Gasteiger charge is -2.08. The maximum absolute atomic E-state index is 13.2. The molecule has 0 saturated heterocycles. The molecule has 1 amide bonds. The predicted octanol–water partition coefficient (Wildman–Crippen LogP) is 5.42. The Bertz CT molecular complexity index is 1010. The highest BCUT2D eigenvalue weighted by Gasteiger charge is 2.24. The fourth-order valence-corrected chi connectivity index (χ4v) is 4.74. The number of amides is 1. The zero-order valence-corrected chi connectivity index (χ0v) is 17.2. The van der Waals surface area contributed by atoms with Crippen LogP contribution in [0.4, 0.5) is 10.7 Å². The maximum Gasteiger partial charge on any atom is 0.259 e. The molecule has 1 aromatic carbocycles. The molecular formula is C23H23N3O2S. The fourth-order valence-electron chi connectivity index (χ4n) is 3.51. The van der Waals surface area contributed by atoms with Crippen LogP contribution in [-0.4, -0.2) is 24.2 Å². The number of nitrogens with one attached hydrogen (secondary N) is 1. The average molecular weight is 406 g/mol. The minimum absolute atomic E-state index is 0.104. The molecule has 0 radical (unpaired) electrons. The highest BCUT2D eigenvalue weighted by molar-refractivity contribution is 7.16. The van der Waals surface area contributed by atoms with E-state index in [1.165, 1.54) is 17.7 Å². The molecule has 0 fully saturated rings. The number of fused-ring (bicyclic) bond motifs is 1. The molecule has 0 spiro atoms. The van der Waals surface area contributed by atoms with E-state index in [-0.39, 0.29) is 5.91 Å². The smallest absolute Gasteiger partial charge is 0.259 e. The van der Waals surface area contributed by atoms with Crippen LogP contribution in [0.1, 0.15) is 45.6 Å². The number of benzene rings is 1. The molecule has 1 aliphatic rings. The minimum atomic E-state index is -0.104. The third-order valence-electron chi connectivity index (χ3n) is 4.99. The zero-order valence-electron chi connectivity index (χ0n) is 16.4. The van der Waals surface area contributed by atoms with Crippen LogP contribution < -0.4 is 10.1 Å². The number of carbonyl (C=O) groups excluding carboxylic acids is 1. The van der Waals surface area contributed by atoms with Crippen molar-refractivity contribution in [3.05, 3.63) is 70.4 Å². The average Bonchev–Trinajstić information content (AvgIpc) is 2.95. The van der Waals surface area contributed by atoms with Crippen molar-refractivity contribution >= 4 is 34.1 Å². The van der Waals surface area contributed by atoms with Crippen molar-refractivity contribution < 1.29 is 9.53 Å². The Labute approximate surface area is 174 Å². The summed E-state index contributed by atoms with van der Waals surface area (Å²) in [7, 11) is 1.63. The molecular weight excluding hydrogens is 382 g/mol. The Morgan fingerprint density at radius 1 is 1.17 bits per heavy atom. The number of hydrogen-bond donors (Lipinski definition) is 1. The monoisotopic (exact) mass is 405 g/mol. The third kappa shape index (κ3) is 4.54. The van der Waals surface area contributed by atoms with Gasteiger partial charge in [0, 0.05) is 34.7 Å². The number of ether oxygens (including phenoxy) is 1. The van der Waals surface area contributed by atoms with E-state index in [4.69, 9.17) is 4.74 Å². The molecule has 0 bridgehead atoms. The van der Waals surface area contributed by atoms with Gasteiger partial charge in [0.2, 0.25) is 0 Å². The Balaban J connectivity index is 1.66. The standard InChI is InChI=1S/C23H23N3O2S/c1-28-18-11-9-17(10-12-18)26-22(27)21-19-7-3-2-4-8-20(19)29-23(21)25-15-16-6-5-13-24-14-16/h5-6,9-15H,2-4,7-8H2,1H3,(H,26,27)/b25-15-. The van der Waals surface area contributed by atoms with E-state index >= 15 is 0 Å². The van der Waals surface area contributed by atoms with Crippen molar-refractivity contribution in [2.75, 3.05) is 12.4 Å². The molecule has 1 aliphatic carbocycles. The van der Waals surface area contributed by atoms with Crippen molar-refractivity contribution in [3.63, 3.8) is 0 Å². The van der Waals surface area contributed by atoms with Gasteiger partial charge in [-0.25, -0.2) is 4.99 Å². The van der Waals surface area contributed by atoms with Crippen molar-refractivity contribution in [3.8, 4) is 5.75 Å². The minimum Gasteiger partial charge on any atom is -0.497 e. The van der Waals surface area contributed by atoms with Gasteiger partial charge in [-0.05, 0) is 61.6 Å². The van der Waals surface area contributed by atoms with Gasteiger partial charge in [0.1, 0.15) is 10.8 Å². The summed E-state index contributed by atoms with van der Waals surface area (Å²) in [5.41, 5.74) is 3.53. The van der Waals surface area contributed by atoms with Gasteiger partial charge in [0.15, 0.2) is 0 Å². The van der Waals surface area contributed by atoms with E-state index in [0.29, 0.717) is 5.56 Å². The molecule has 6 heteroatoms. The number of carbonyl (C=O) groups is 1. The summed E-state index contributed by atoms with van der Waals surface area (Å²) >= 11 is 1.64. The molecule has 29 heavy (non-hydrogen) atoms. The molecule has 148 valence electrons. The third-order valence-corrected chi connectivity index (χ3v) is 6.19. The molecule has 0 unspecified atom stereocenters. The number of anilines is 1. The Hall–Kier alpha value is -2.99. The number of methoxy groups -OCH3 is 1. The molecule has 2 aromatic heterocycles. The normalized spacial score (nSPS) is 13.7. The number of pyridine rings is 1. The summed E-state index contributed by atoms with van der Waals surface area (Å²) in [5.74, 6) is 0.655. The van der Waals surface area contributed by atoms with Gasteiger partial charge in [-0.1, -0.05) is 12.5 Å². The van der Waals surface area contributed by atoms with E-state index < -0.39 is 0 Å². The lowest BCUT2D eigenvalue weighted by Crippen LogP contribution is -2.13. The van der Waals surface area contributed by atoms with Gasteiger partial charge in [-0.3, -0.25) is 9.78 Å². The van der Waals surface area contributed by atoms with E-state index in [1.807, 2.05) is 36.4 Å². The highest BCUT2D eigenvalue weighted by Crippen LogP contribution is 2.39. The zero-order chi connectivity index (χ0) is 20.1. The number of aromatic nitrogens is 1. The fraction of sp³-hybridized carbons (Fsp3) is 0.261. The van der Waals surface area contributed by atoms with Crippen LogP contribution in [0.3, 0.4) is 0 Å². The van der Waals surface area contributed by atoms with Crippen LogP contribution >= 0.6 is 11.3 Å². The van der Waals surface area contributed by atoms with E-state index in [9.17, 15) is 4.79 Å². The molecule has 5 nitrogen and oxygen atoms in total. The van der Waals surface area contributed by atoms with Gasteiger partial charge in [0.05, 0.1) is 12.7 Å². The molecule has 1 N–H and O–H groups in total. The van der Waals surface area contributed by atoms with Gasteiger partial charge in [0.25, 0.3) is 5.91 Å². The summed E-state index contributed by atoms with van der Waals surface area (Å²) in [6.07, 6.45) is 10.7. The summed E-state index contributed by atoms with van der Waals surface area (Å²) in [6.45, 7) is 0. The van der Waals surface area contributed by atoms with Crippen molar-refractivity contribution in [2.24, 2.45) is 4.99 Å². The first-order chi connectivity index (χ1) is 14.2. The summed E-state index contributed by atoms with van der Waals surface area (Å²) in [5, 5.41) is 3.80. The SMILES string of the molecule is COc1ccc(NC(=O)c2c(/N=C\c3cccnc3)sc3c2CCCCC3)cc1. The Morgan fingerprint density at radius 3 is 2.76 bits per heavy atom. The second-order valence-electron chi connectivity index (χ2n) is 6.97. The molecule has 0 saturated carbocycles. The van der Waals surface area contributed by atoms with E-state index in [1.54, 1.807) is 37.1 Å². The number of aryl methyl sites for hydroxylation is 1. The second-order valence-corrected chi connectivity index (χ2v) is 8.06. The van der Waals surface area contributed by atoms with Gasteiger partial charge in [-0.2, -0.15) is 0 Å². The van der Waals surface area contributed by atoms with Gasteiger partial charge in [-0.15, -0.1) is 11.3 Å². The number of aliphatic imine (C=N–C) groups is 1. The van der Waals surface area contributed by atoms with E-state index in [0.717, 1.165) is 46.8 Å². The predicted molar refractivity (Wildman–Crippen MR) is 118 cm³/mol. The molecule has 0 atom stereocenters. The molecule has 2 heterocycles. The lowest BCUT2D eigenvalue weighted by atomic mass is 10.0. The van der Waals surface area contributed by atoms with E-state index in [2.05, 4.69) is 15.3 Å². The first-order valence-corrected chi connectivity index (χ1v) is 10.6. The van der Waals surface area contributed by atoms with Crippen molar-refractivity contribution in [1.29, 1.82) is 0 Å². The highest BCUT2D eigenvalue weighted by atomic mass is 32.1. The van der Waals surface area contributed by atoms with Crippen molar-refractivity contribution in [1.82, 2.24) is 4.98 Å². The second kappa shape index (κ2) is 9.01. The number of rotatable bonds is 5. The lowest BCUT2D eigenvalue weighted by molar-refractivity contribution is 0.102. The van der Waals surface area contributed by atoms with Crippen LogP contribution in [0.15, 0.2) is 53.8 Å².